The predicted octanol–water partition coefficient (Wildman–Crippen LogP) is 2.07. The molecule has 0 bridgehead atoms. The summed E-state index contributed by atoms with van der Waals surface area (Å²) < 4.78 is 5.27. The lowest BCUT2D eigenvalue weighted by molar-refractivity contribution is 0.413. The average molecular weight is 203 g/mol. The number of methoxy groups -OCH3 is 1. The summed E-state index contributed by atoms with van der Waals surface area (Å²) in [6.07, 6.45) is 3.86. The highest BCUT2D eigenvalue weighted by Gasteiger charge is 2.61. The predicted molar refractivity (Wildman–Crippen MR) is 60.0 cm³/mol. The summed E-state index contributed by atoms with van der Waals surface area (Å²) in [6.45, 7) is 0. The van der Waals surface area contributed by atoms with Crippen LogP contribution in [0.1, 0.15) is 24.8 Å². The van der Waals surface area contributed by atoms with E-state index in [1.807, 2.05) is 6.07 Å². The van der Waals surface area contributed by atoms with Gasteiger partial charge in [-0.2, -0.15) is 0 Å². The number of nitrogens with two attached hydrogens (primary N) is 1. The Morgan fingerprint density at radius 3 is 2.67 bits per heavy atom. The van der Waals surface area contributed by atoms with Crippen molar-refractivity contribution in [3.05, 3.63) is 29.8 Å². The summed E-state index contributed by atoms with van der Waals surface area (Å²) in [5.41, 5.74) is 7.81. The van der Waals surface area contributed by atoms with Gasteiger partial charge in [-0.3, -0.25) is 0 Å². The topological polar surface area (TPSA) is 35.2 Å². The number of benzene rings is 1. The quantitative estimate of drug-likeness (QED) is 0.816. The lowest BCUT2D eigenvalue weighted by Crippen LogP contribution is -2.20. The Morgan fingerprint density at radius 2 is 2.13 bits per heavy atom. The highest BCUT2D eigenvalue weighted by atomic mass is 16.5. The third-order valence-electron chi connectivity index (χ3n) is 3.97. The Hall–Kier alpha value is -1.02. The smallest absolute Gasteiger partial charge is 0.119 e. The van der Waals surface area contributed by atoms with Crippen molar-refractivity contribution in [1.29, 1.82) is 0 Å². The maximum absolute atomic E-state index is 6.13. The van der Waals surface area contributed by atoms with E-state index in [1.54, 1.807) is 7.11 Å². The SMILES string of the molecule is COc1cccc(C2(C3CC3)C[C@H]2N)c1. The van der Waals surface area contributed by atoms with Crippen molar-refractivity contribution < 1.29 is 4.74 Å². The van der Waals surface area contributed by atoms with Gasteiger partial charge in [0.2, 0.25) is 0 Å². The van der Waals surface area contributed by atoms with Crippen LogP contribution in [0.25, 0.3) is 0 Å². The summed E-state index contributed by atoms with van der Waals surface area (Å²) in [5.74, 6) is 1.78. The van der Waals surface area contributed by atoms with Crippen LogP contribution >= 0.6 is 0 Å². The third kappa shape index (κ3) is 1.28. The van der Waals surface area contributed by atoms with Gasteiger partial charge >= 0.3 is 0 Å². The third-order valence-corrected chi connectivity index (χ3v) is 3.97. The highest BCUT2D eigenvalue weighted by Crippen LogP contribution is 2.61. The van der Waals surface area contributed by atoms with Gasteiger partial charge in [-0.1, -0.05) is 12.1 Å². The molecule has 2 atom stereocenters. The first-order chi connectivity index (χ1) is 7.27. The molecule has 2 N–H and O–H groups in total. The normalized spacial score (nSPS) is 33.9. The number of rotatable bonds is 3. The Bertz CT molecular complexity index is 386. The molecule has 15 heavy (non-hydrogen) atoms. The van der Waals surface area contributed by atoms with E-state index in [2.05, 4.69) is 18.2 Å². The van der Waals surface area contributed by atoms with Gasteiger partial charge in [0.05, 0.1) is 7.11 Å². The minimum absolute atomic E-state index is 0.300. The molecule has 0 radical (unpaired) electrons. The van der Waals surface area contributed by atoms with Crippen LogP contribution in [0, 0.1) is 5.92 Å². The van der Waals surface area contributed by atoms with Gasteiger partial charge in [-0.25, -0.2) is 0 Å². The van der Waals surface area contributed by atoms with E-state index in [4.69, 9.17) is 10.5 Å². The fraction of sp³-hybridized carbons (Fsp3) is 0.538. The van der Waals surface area contributed by atoms with Gasteiger partial charge in [0.1, 0.15) is 5.75 Å². The fourth-order valence-corrected chi connectivity index (χ4v) is 2.85. The van der Waals surface area contributed by atoms with Crippen molar-refractivity contribution >= 4 is 0 Å². The molecule has 2 nitrogen and oxygen atoms in total. The molecule has 1 unspecified atom stereocenters. The van der Waals surface area contributed by atoms with Crippen LogP contribution in [0.3, 0.4) is 0 Å². The Balaban J connectivity index is 1.97. The van der Waals surface area contributed by atoms with E-state index in [0.717, 1.165) is 18.1 Å². The maximum Gasteiger partial charge on any atom is 0.119 e. The van der Waals surface area contributed by atoms with E-state index in [-0.39, 0.29) is 0 Å². The van der Waals surface area contributed by atoms with Crippen LogP contribution in [0.4, 0.5) is 0 Å². The summed E-state index contributed by atoms with van der Waals surface area (Å²) in [5, 5.41) is 0. The van der Waals surface area contributed by atoms with Crippen LogP contribution < -0.4 is 10.5 Å². The molecule has 0 aliphatic heterocycles. The van der Waals surface area contributed by atoms with E-state index in [1.165, 1.54) is 18.4 Å². The van der Waals surface area contributed by atoms with Crippen molar-refractivity contribution in [2.24, 2.45) is 11.7 Å². The van der Waals surface area contributed by atoms with Gasteiger partial charge in [0.15, 0.2) is 0 Å². The first kappa shape index (κ1) is 9.22. The van der Waals surface area contributed by atoms with Gasteiger partial charge < -0.3 is 10.5 Å². The van der Waals surface area contributed by atoms with Crippen LogP contribution in [-0.2, 0) is 5.41 Å². The molecule has 0 spiro atoms. The molecule has 1 aromatic carbocycles. The molecule has 2 saturated carbocycles. The van der Waals surface area contributed by atoms with E-state index < -0.39 is 0 Å². The van der Waals surface area contributed by atoms with Crippen molar-refractivity contribution in [3.8, 4) is 5.75 Å². The molecule has 0 saturated heterocycles. The second kappa shape index (κ2) is 2.99. The Morgan fingerprint density at radius 1 is 1.40 bits per heavy atom. The maximum atomic E-state index is 6.13. The molecular formula is C13H17NO. The summed E-state index contributed by atoms with van der Waals surface area (Å²) in [7, 11) is 1.72. The highest BCUT2D eigenvalue weighted by molar-refractivity contribution is 5.42. The molecule has 0 aromatic heterocycles. The standard InChI is InChI=1S/C13H17NO/c1-15-11-4-2-3-10(7-11)13(8-12(13)14)9-5-6-9/h2-4,7,9,12H,5-6,8,14H2,1H3/t12-,13?/m1/s1. The summed E-state index contributed by atoms with van der Waals surface area (Å²) in [6, 6.07) is 8.80. The van der Waals surface area contributed by atoms with Crippen LogP contribution in [0.5, 0.6) is 5.75 Å². The molecule has 0 heterocycles. The molecule has 2 heteroatoms. The Labute approximate surface area is 90.4 Å². The second-order valence-corrected chi connectivity index (χ2v) is 4.86. The first-order valence-electron chi connectivity index (χ1n) is 5.67. The molecular weight excluding hydrogens is 186 g/mol. The van der Waals surface area contributed by atoms with Gasteiger partial charge in [-0.05, 0) is 42.9 Å². The number of hydrogen-bond donors (Lipinski definition) is 1. The minimum Gasteiger partial charge on any atom is -0.497 e. The van der Waals surface area contributed by atoms with E-state index in [9.17, 15) is 0 Å². The molecule has 2 aliphatic carbocycles. The summed E-state index contributed by atoms with van der Waals surface area (Å²) in [4.78, 5) is 0. The zero-order valence-corrected chi connectivity index (χ0v) is 9.07. The van der Waals surface area contributed by atoms with Gasteiger partial charge in [-0.15, -0.1) is 0 Å². The van der Waals surface area contributed by atoms with Gasteiger partial charge in [0, 0.05) is 11.5 Å². The molecule has 2 aliphatic rings. The molecule has 0 amide bonds. The molecule has 1 aromatic rings. The molecule has 80 valence electrons. The van der Waals surface area contributed by atoms with Crippen LogP contribution in [0.2, 0.25) is 0 Å². The van der Waals surface area contributed by atoms with E-state index in [0.29, 0.717) is 11.5 Å². The van der Waals surface area contributed by atoms with Gasteiger partial charge in [0.25, 0.3) is 0 Å². The molecule has 2 fully saturated rings. The molecule has 3 rings (SSSR count). The monoisotopic (exact) mass is 203 g/mol. The second-order valence-electron chi connectivity index (χ2n) is 4.86. The number of ether oxygens (including phenoxy) is 1. The van der Waals surface area contributed by atoms with E-state index >= 15 is 0 Å². The largest absolute Gasteiger partial charge is 0.497 e. The lowest BCUT2D eigenvalue weighted by Gasteiger charge is -2.16. The average Bonchev–Trinajstić information content (AvgIpc) is 3.12. The van der Waals surface area contributed by atoms with Crippen molar-refractivity contribution in [3.63, 3.8) is 0 Å². The van der Waals surface area contributed by atoms with Crippen molar-refractivity contribution in [1.82, 2.24) is 0 Å². The van der Waals surface area contributed by atoms with Crippen molar-refractivity contribution in [2.75, 3.05) is 7.11 Å². The zero-order chi connectivity index (χ0) is 10.5. The van der Waals surface area contributed by atoms with Crippen molar-refractivity contribution in [2.45, 2.75) is 30.7 Å². The fourth-order valence-electron chi connectivity index (χ4n) is 2.85. The minimum atomic E-state index is 0.300. The summed E-state index contributed by atoms with van der Waals surface area (Å²) >= 11 is 0. The number of hydrogen-bond acceptors (Lipinski definition) is 2. The Kier molecular flexibility index (Phi) is 1.84. The zero-order valence-electron chi connectivity index (χ0n) is 9.07. The lowest BCUT2D eigenvalue weighted by atomic mass is 9.90. The van der Waals surface area contributed by atoms with Crippen LogP contribution in [-0.4, -0.2) is 13.2 Å². The van der Waals surface area contributed by atoms with Crippen LogP contribution in [0.15, 0.2) is 24.3 Å². The first-order valence-corrected chi connectivity index (χ1v) is 5.67.